The second-order valence-corrected chi connectivity index (χ2v) is 5.64. The summed E-state index contributed by atoms with van der Waals surface area (Å²) < 4.78 is 2.50. The monoisotopic (exact) mass is 245 g/mol. The first kappa shape index (κ1) is 11.3. The molecule has 0 saturated heterocycles. The van der Waals surface area contributed by atoms with Crippen molar-refractivity contribution in [2.45, 2.75) is 42.9 Å². The Kier molecular flexibility index (Phi) is 3.57. The Balaban J connectivity index is 2.12. The number of aromatic nitrogens is 3. The molecule has 1 fully saturated rings. The molecule has 1 aromatic heterocycles. The van der Waals surface area contributed by atoms with Gasteiger partial charge in [0.05, 0.1) is 5.88 Å². The Morgan fingerprint density at radius 2 is 2.27 bits per heavy atom. The third kappa shape index (κ3) is 2.31. The highest BCUT2D eigenvalue weighted by atomic mass is 35.5. The third-order valence-electron chi connectivity index (χ3n) is 3.22. The van der Waals surface area contributed by atoms with E-state index in [2.05, 4.69) is 21.0 Å². The van der Waals surface area contributed by atoms with Gasteiger partial charge in [-0.25, -0.2) is 0 Å². The summed E-state index contributed by atoms with van der Waals surface area (Å²) in [5, 5.41) is 7.93. The maximum atomic E-state index is 5.82. The molecule has 0 spiro atoms. The summed E-state index contributed by atoms with van der Waals surface area (Å²) >= 11 is 7.80. The zero-order valence-electron chi connectivity index (χ0n) is 8.95. The van der Waals surface area contributed by atoms with Gasteiger partial charge >= 0.3 is 0 Å². The van der Waals surface area contributed by atoms with E-state index in [0.29, 0.717) is 10.6 Å². The molecule has 84 valence electrons. The van der Waals surface area contributed by atoms with E-state index >= 15 is 0 Å². The number of hydrogen-bond donors (Lipinski definition) is 0. The SMILES string of the molecule is CSC1(Cn2cnnc2CCl)CCCC1. The Morgan fingerprint density at radius 3 is 2.87 bits per heavy atom. The average molecular weight is 246 g/mol. The molecule has 0 aromatic carbocycles. The van der Waals surface area contributed by atoms with Crippen molar-refractivity contribution in [1.29, 1.82) is 0 Å². The lowest BCUT2D eigenvalue weighted by Gasteiger charge is -2.27. The van der Waals surface area contributed by atoms with Crippen LogP contribution in [-0.2, 0) is 12.4 Å². The quantitative estimate of drug-likeness (QED) is 0.765. The van der Waals surface area contributed by atoms with E-state index in [-0.39, 0.29) is 0 Å². The number of rotatable bonds is 4. The van der Waals surface area contributed by atoms with Crippen LogP contribution >= 0.6 is 23.4 Å². The molecule has 0 unspecified atom stereocenters. The minimum absolute atomic E-state index is 0.392. The number of alkyl halides is 1. The van der Waals surface area contributed by atoms with Crippen molar-refractivity contribution in [3.63, 3.8) is 0 Å². The standard InChI is InChI=1S/C10H16ClN3S/c1-15-10(4-2-3-5-10)7-14-8-12-13-9(14)6-11/h8H,2-7H2,1H3. The first-order chi connectivity index (χ1) is 7.29. The normalized spacial score (nSPS) is 19.6. The van der Waals surface area contributed by atoms with Gasteiger partial charge < -0.3 is 4.57 Å². The van der Waals surface area contributed by atoms with Crippen molar-refractivity contribution in [2.75, 3.05) is 6.26 Å². The zero-order valence-corrected chi connectivity index (χ0v) is 10.5. The zero-order chi connectivity index (χ0) is 10.7. The fourth-order valence-corrected chi connectivity index (χ4v) is 3.44. The van der Waals surface area contributed by atoms with E-state index in [1.165, 1.54) is 25.7 Å². The molecule has 1 heterocycles. The van der Waals surface area contributed by atoms with Gasteiger partial charge in [-0.1, -0.05) is 12.8 Å². The first-order valence-electron chi connectivity index (χ1n) is 5.27. The molecule has 5 heteroatoms. The van der Waals surface area contributed by atoms with Crippen molar-refractivity contribution in [1.82, 2.24) is 14.8 Å². The van der Waals surface area contributed by atoms with Crippen LogP contribution in [0.25, 0.3) is 0 Å². The summed E-state index contributed by atoms with van der Waals surface area (Å²) in [6.45, 7) is 1.00. The highest BCUT2D eigenvalue weighted by Crippen LogP contribution is 2.41. The molecule has 0 atom stereocenters. The lowest BCUT2D eigenvalue weighted by molar-refractivity contribution is 0.496. The molecule has 15 heavy (non-hydrogen) atoms. The molecule has 0 radical (unpaired) electrons. The van der Waals surface area contributed by atoms with Gasteiger partial charge in [0.1, 0.15) is 12.2 Å². The van der Waals surface area contributed by atoms with Gasteiger partial charge in [0.25, 0.3) is 0 Å². The summed E-state index contributed by atoms with van der Waals surface area (Å²) in [4.78, 5) is 0. The first-order valence-corrected chi connectivity index (χ1v) is 7.03. The second-order valence-electron chi connectivity index (χ2n) is 4.10. The highest BCUT2D eigenvalue weighted by Gasteiger charge is 2.33. The van der Waals surface area contributed by atoms with E-state index in [1.54, 1.807) is 6.33 Å². The van der Waals surface area contributed by atoms with Gasteiger partial charge in [-0.05, 0) is 19.1 Å². The molecule has 3 nitrogen and oxygen atoms in total. The van der Waals surface area contributed by atoms with Crippen molar-refractivity contribution >= 4 is 23.4 Å². The van der Waals surface area contributed by atoms with E-state index < -0.39 is 0 Å². The van der Waals surface area contributed by atoms with Crippen LogP contribution in [-0.4, -0.2) is 25.8 Å². The molecule has 1 aliphatic carbocycles. The molecule has 0 aliphatic heterocycles. The molecular formula is C10H16ClN3S. The van der Waals surface area contributed by atoms with Crippen LogP contribution in [0.3, 0.4) is 0 Å². The summed E-state index contributed by atoms with van der Waals surface area (Å²) in [5.74, 6) is 1.33. The van der Waals surface area contributed by atoms with Crippen LogP contribution in [0.1, 0.15) is 31.5 Å². The van der Waals surface area contributed by atoms with E-state index in [0.717, 1.165) is 12.4 Å². The third-order valence-corrected chi connectivity index (χ3v) is 4.86. The van der Waals surface area contributed by atoms with Crippen LogP contribution in [0.15, 0.2) is 6.33 Å². The largest absolute Gasteiger partial charge is 0.315 e. The van der Waals surface area contributed by atoms with Gasteiger partial charge in [0.2, 0.25) is 0 Å². The molecule has 1 saturated carbocycles. The van der Waals surface area contributed by atoms with Crippen LogP contribution in [0.2, 0.25) is 0 Å². The average Bonchev–Trinajstić information content (AvgIpc) is 2.88. The van der Waals surface area contributed by atoms with Gasteiger partial charge in [-0.3, -0.25) is 0 Å². The summed E-state index contributed by atoms with van der Waals surface area (Å²) in [5.41, 5.74) is 0. The van der Waals surface area contributed by atoms with Crippen molar-refractivity contribution < 1.29 is 0 Å². The summed E-state index contributed by atoms with van der Waals surface area (Å²) in [6.07, 6.45) is 9.30. The fourth-order valence-electron chi connectivity index (χ4n) is 2.27. The second kappa shape index (κ2) is 4.74. The molecule has 1 aromatic rings. The predicted molar refractivity (Wildman–Crippen MR) is 64.3 cm³/mol. The van der Waals surface area contributed by atoms with E-state index in [4.69, 9.17) is 11.6 Å². The lowest BCUT2D eigenvalue weighted by atomic mass is 10.1. The minimum Gasteiger partial charge on any atom is -0.315 e. The number of hydrogen-bond acceptors (Lipinski definition) is 3. The molecule has 0 N–H and O–H groups in total. The topological polar surface area (TPSA) is 30.7 Å². The minimum atomic E-state index is 0.392. The van der Waals surface area contributed by atoms with Gasteiger partial charge in [0, 0.05) is 11.3 Å². The number of nitrogens with zero attached hydrogens (tertiary/aromatic N) is 3. The van der Waals surface area contributed by atoms with Crippen molar-refractivity contribution in [3.8, 4) is 0 Å². The smallest absolute Gasteiger partial charge is 0.147 e. The molecule has 0 amide bonds. The molecule has 1 aliphatic rings. The van der Waals surface area contributed by atoms with Gasteiger partial charge in [-0.15, -0.1) is 21.8 Å². The van der Waals surface area contributed by atoms with Crippen molar-refractivity contribution in [2.24, 2.45) is 0 Å². The summed E-state index contributed by atoms with van der Waals surface area (Å²) in [6, 6.07) is 0. The van der Waals surface area contributed by atoms with Gasteiger partial charge in [-0.2, -0.15) is 11.8 Å². The molecule has 2 rings (SSSR count). The van der Waals surface area contributed by atoms with Crippen LogP contribution in [0.4, 0.5) is 0 Å². The van der Waals surface area contributed by atoms with Crippen LogP contribution in [0.5, 0.6) is 0 Å². The maximum Gasteiger partial charge on any atom is 0.147 e. The van der Waals surface area contributed by atoms with Gasteiger partial charge in [0.15, 0.2) is 0 Å². The number of halogens is 1. The fraction of sp³-hybridized carbons (Fsp3) is 0.800. The van der Waals surface area contributed by atoms with E-state index in [9.17, 15) is 0 Å². The Morgan fingerprint density at radius 1 is 1.53 bits per heavy atom. The highest BCUT2D eigenvalue weighted by molar-refractivity contribution is 8.00. The maximum absolute atomic E-state index is 5.82. The lowest BCUT2D eigenvalue weighted by Crippen LogP contribution is -2.27. The molecular weight excluding hydrogens is 230 g/mol. The van der Waals surface area contributed by atoms with Crippen LogP contribution in [0, 0.1) is 0 Å². The Hall–Kier alpha value is -0.220. The Bertz CT molecular complexity index is 320. The van der Waals surface area contributed by atoms with Crippen LogP contribution < -0.4 is 0 Å². The number of thioether (sulfide) groups is 1. The van der Waals surface area contributed by atoms with E-state index in [1.807, 2.05) is 11.8 Å². The summed E-state index contributed by atoms with van der Waals surface area (Å²) in [7, 11) is 0. The van der Waals surface area contributed by atoms with Crippen molar-refractivity contribution in [3.05, 3.63) is 12.2 Å². The molecule has 0 bridgehead atoms. The predicted octanol–water partition coefficient (Wildman–Crippen LogP) is 2.69. The Labute approximate surface area is 99.6 Å².